The van der Waals surface area contributed by atoms with Crippen LogP contribution in [0.4, 0.5) is 0 Å². The Morgan fingerprint density at radius 3 is 3.00 bits per heavy atom. The molecule has 3 heterocycles. The molecule has 0 aromatic carbocycles. The summed E-state index contributed by atoms with van der Waals surface area (Å²) in [5.74, 6) is 2.08. The van der Waals surface area contributed by atoms with Gasteiger partial charge in [0.1, 0.15) is 0 Å². The lowest BCUT2D eigenvalue weighted by Gasteiger charge is -2.20. The van der Waals surface area contributed by atoms with Gasteiger partial charge in [0, 0.05) is 12.6 Å². The van der Waals surface area contributed by atoms with Crippen molar-refractivity contribution in [3.8, 4) is 11.5 Å². The van der Waals surface area contributed by atoms with Gasteiger partial charge >= 0.3 is 0 Å². The first-order chi connectivity index (χ1) is 8.42. The Labute approximate surface area is 99.6 Å². The van der Waals surface area contributed by atoms with Crippen LogP contribution in [0.15, 0.2) is 22.9 Å². The molecule has 0 amide bonds. The molecular formula is C12H16N4O. The molecule has 3 rings (SSSR count). The van der Waals surface area contributed by atoms with Crippen molar-refractivity contribution in [1.82, 2.24) is 20.4 Å². The van der Waals surface area contributed by atoms with Gasteiger partial charge in [-0.15, -0.1) is 0 Å². The Bertz CT molecular complexity index is 457. The average molecular weight is 232 g/mol. The highest BCUT2D eigenvalue weighted by Gasteiger charge is 2.17. The highest BCUT2D eigenvalue weighted by Crippen LogP contribution is 2.19. The van der Waals surface area contributed by atoms with Crippen molar-refractivity contribution < 1.29 is 4.52 Å². The van der Waals surface area contributed by atoms with Crippen LogP contribution in [0.5, 0.6) is 0 Å². The van der Waals surface area contributed by atoms with E-state index in [2.05, 4.69) is 20.4 Å². The van der Waals surface area contributed by atoms with Crippen LogP contribution < -0.4 is 5.32 Å². The van der Waals surface area contributed by atoms with Gasteiger partial charge < -0.3 is 14.8 Å². The molecule has 90 valence electrons. The van der Waals surface area contributed by atoms with Crippen molar-refractivity contribution in [3.05, 3.63) is 24.2 Å². The first kappa shape index (κ1) is 10.5. The fraction of sp³-hybridized carbons (Fsp3) is 0.500. The smallest absolute Gasteiger partial charge is 0.227 e. The molecular weight excluding hydrogens is 216 g/mol. The standard InChI is InChI=1S/C12H16N4O/c1-2-10(14-5-1)12-15-11(17-16-12)8-9-3-6-13-7-4-9/h1-2,5,9,13-14H,3-4,6-8H2. The molecule has 1 saturated heterocycles. The number of piperidine rings is 1. The number of hydrogen-bond donors (Lipinski definition) is 2. The highest BCUT2D eigenvalue weighted by atomic mass is 16.5. The lowest BCUT2D eigenvalue weighted by Crippen LogP contribution is -2.28. The average Bonchev–Trinajstić information content (AvgIpc) is 3.00. The second-order valence-electron chi connectivity index (χ2n) is 4.49. The van der Waals surface area contributed by atoms with E-state index in [1.165, 1.54) is 12.8 Å². The van der Waals surface area contributed by atoms with Crippen LogP contribution in [0.3, 0.4) is 0 Å². The Morgan fingerprint density at radius 2 is 2.24 bits per heavy atom. The van der Waals surface area contributed by atoms with Crippen LogP contribution in [-0.2, 0) is 6.42 Å². The van der Waals surface area contributed by atoms with Crippen LogP contribution in [0.1, 0.15) is 18.7 Å². The Hall–Kier alpha value is -1.62. The molecule has 0 aliphatic carbocycles. The predicted octanol–water partition coefficient (Wildman–Crippen LogP) is 1.61. The van der Waals surface area contributed by atoms with E-state index in [1.54, 1.807) is 0 Å². The molecule has 1 aliphatic rings. The molecule has 0 bridgehead atoms. The van der Waals surface area contributed by atoms with Gasteiger partial charge in [-0.2, -0.15) is 4.98 Å². The maximum atomic E-state index is 5.29. The third-order valence-electron chi connectivity index (χ3n) is 3.23. The SMILES string of the molecule is c1c[nH]c(-c2noc(CC3CCNCC3)n2)c1. The van der Waals surface area contributed by atoms with E-state index < -0.39 is 0 Å². The first-order valence-corrected chi connectivity index (χ1v) is 6.09. The van der Waals surface area contributed by atoms with Gasteiger partial charge in [-0.05, 0) is 44.0 Å². The molecule has 5 heteroatoms. The second kappa shape index (κ2) is 4.71. The monoisotopic (exact) mass is 232 g/mol. The molecule has 0 radical (unpaired) electrons. The van der Waals surface area contributed by atoms with Gasteiger partial charge in [-0.1, -0.05) is 5.16 Å². The third-order valence-corrected chi connectivity index (χ3v) is 3.23. The van der Waals surface area contributed by atoms with Crippen molar-refractivity contribution in [1.29, 1.82) is 0 Å². The zero-order valence-electron chi connectivity index (χ0n) is 9.65. The Balaban J connectivity index is 1.68. The molecule has 1 aliphatic heterocycles. The van der Waals surface area contributed by atoms with Gasteiger partial charge in [0.2, 0.25) is 11.7 Å². The fourth-order valence-corrected chi connectivity index (χ4v) is 2.25. The molecule has 1 fully saturated rings. The summed E-state index contributed by atoms with van der Waals surface area (Å²) in [5, 5.41) is 7.35. The van der Waals surface area contributed by atoms with E-state index in [0.29, 0.717) is 11.7 Å². The van der Waals surface area contributed by atoms with E-state index >= 15 is 0 Å². The van der Waals surface area contributed by atoms with Crippen molar-refractivity contribution in [2.75, 3.05) is 13.1 Å². The van der Waals surface area contributed by atoms with Crippen LogP contribution in [0, 0.1) is 5.92 Å². The minimum Gasteiger partial charge on any atom is -0.359 e. The van der Waals surface area contributed by atoms with Crippen LogP contribution >= 0.6 is 0 Å². The maximum Gasteiger partial charge on any atom is 0.227 e. The number of rotatable bonds is 3. The van der Waals surface area contributed by atoms with Gasteiger partial charge in [0.15, 0.2) is 0 Å². The molecule has 2 aromatic heterocycles. The van der Waals surface area contributed by atoms with Crippen LogP contribution in [-0.4, -0.2) is 28.2 Å². The molecule has 2 aromatic rings. The van der Waals surface area contributed by atoms with E-state index in [9.17, 15) is 0 Å². The quantitative estimate of drug-likeness (QED) is 0.843. The van der Waals surface area contributed by atoms with Crippen molar-refractivity contribution >= 4 is 0 Å². The van der Waals surface area contributed by atoms with Gasteiger partial charge in [0.25, 0.3) is 0 Å². The molecule has 2 N–H and O–H groups in total. The summed E-state index contributed by atoms with van der Waals surface area (Å²) in [6.07, 6.45) is 5.15. The number of hydrogen-bond acceptors (Lipinski definition) is 4. The highest BCUT2D eigenvalue weighted by molar-refractivity contribution is 5.47. The predicted molar refractivity (Wildman–Crippen MR) is 63.4 cm³/mol. The minimum absolute atomic E-state index is 0.652. The van der Waals surface area contributed by atoms with Crippen molar-refractivity contribution in [2.24, 2.45) is 5.92 Å². The summed E-state index contributed by atoms with van der Waals surface area (Å²) < 4.78 is 5.29. The molecule has 0 saturated carbocycles. The molecule has 5 nitrogen and oxygen atoms in total. The maximum absolute atomic E-state index is 5.29. The number of aromatic amines is 1. The normalized spacial score (nSPS) is 17.4. The van der Waals surface area contributed by atoms with Gasteiger partial charge in [-0.3, -0.25) is 0 Å². The number of nitrogens with zero attached hydrogens (tertiary/aromatic N) is 2. The Kier molecular flexibility index (Phi) is 2.92. The van der Waals surface area contributed by atoms with E-state index in [1.807, 2.05) is 18.3 Å². The van der Waals surface area contributed by atoms with E-state index in [0.717, 1.165) is 31.1 Å². The van der Waals surface area contributed by atoms with E-state index in [-0.39, 0.29) is 0 Å². The van der Waals surface area contributed by atoms with Gasteiger partial charge in [0.05, 0.1) is 5.69 Å². The second-order valence-corrected chi connectivity index (χ2v) is 4.49. The molecule has 0 spiro atoms. The number of H-pyrrole nitrogens is 1. The van der Waals surface area contributed by atoms with Crippen molar-refractivity contribution in [3.63, 3.8) is 0 Å². The summed E-state index contributed by atoms with van der Waals surface area (Å²) in [6.45, 7) is 2.20. The zero-order chi connectivity index (χ0) is 11.5. The fourth-order valence-electron chi connectivity index (χ4n) is 2.25. The van der Waals surface area contributed by atoms with Gasteiger partial charge in [-0.25, -0.2) is 0 Å². The van der Waals surface area contributed by atoms with Crippen LogP contribution in [0.25, 0.3) is 11.5 Å². The Morgan fingerprint density at radius 1 is 1.35 bits per heavy atom. The molecule has 0 atom stereocenters. The first-order valence-electron chi connectivity index (χ1n) is 6.09. The number of nitrogens with one attached hydrogen (secondary N) is 2. The summed E-state index contributed by atoms with van der Waals surface area (Å²) in [4.78, 5) is 7.49. The zero-order valence-corrected chi connectivity index (χ0v) is 9.65. The van der Waals surface area contributed by atoms with E-state index in [4.69, 9.17) is 4.52 Å². The summed E-state index contributed by atoms with van der Waals surface area (Å²) >= 11 is 0. The lowest BCUT2D eigenvalue weighted by atomic mass is 9.95. The topological polar surface area (TPSA) is 66.7 Å². The largest absolute Gasteiger partial charge is 0.359 e. The third kappa shape index (κ3) is 2.39. The minimum atomic E-state index is 0.652. The van der Waals surface area contributed by atoms with Crippen LogP contribution in [0.2, 0.25) is 0 Å². The molecule has 0 unspecified atom stereocenters. The lowest BCUT2D eigenvalue weighted by molar-refractivity contribution is 0.313. The number of aromatic nitrogens is 3. The summed E-state index contributed by atoms with van der Waals surface area (Å²) in [6, 6.07) is 3.87. The van der Waals surface area contributed by atoms with Crippen molar-refractivity contribution in [2.45, 2.75) is 19.3 Å². The molecule has 17 heavy (non-hydrogen) atoms. The summed E-state index contributed by atoms with van der Waals surface area (Å²) in [7, 11) is 0. The summed E-state index contributed by atoms with van der Waals surface area (Å²) in [5.41, 5.74) is 0.908.